The van der Waals surface area contributed by atoms with Gasteiger partial charge in [0.25, 0.3) is 0 Å². The van der Waals surface area contributed by atoms with Gasteiger partial charge < -0.3 is 14.8 Å². The third-order valence-electron chi connectivity index (χ3n) is 2.67. The van der Waals surface area contributed by atoms with Crippen molar-refractivity contribution in [2.75, 3.05) is 33.4 Å². The van der Waals surface area contributed by atoms with Crippen LogP contribution in [0, 0.1) is 5.92 Å². The summed E-state index contributed by atoms with van der Waals surface area (Å²) in [6.07, 6.45) is 3.66. The molecule has 0 aromatic heterocycles. The van der Waals surface area contributed by atoms with Gasteiger partial charge in [0.1, 0.15) is 0 Å². The van der Waals surface area contributed by atoms with Crippen LogP contribution in [0.4, 0.5) is 0 Å². The summed E-state index contributed by atoms with van der Waals surface area (Å²) in [5, 5.41) is 3.44. The second kappa shape index (κ2) is 9.86. The standard InChI is InChI=1S/C14H31NO2/c1-6-7-13(12-15-9-11-16-5)8-10-17-14(2,3)4/h13,15H,6-12H2,1-5H3. The van der Waals surface area contributed by atoms with Crippen molar-refractivity contribution in [2.45, 2.75) is 52.6 Å². The zero-order chi connectivity index (χ0) is 13.1. The molecule has 1 atom stereocenters. The minimum atomic E-state index is -0.0136. The van der Waals surface area contributed by atoms with Crippen molar-refractivity contribution in [3.8, 4) is 0 Å². The van der Waals surface area contributed by atoms with E-state index >= 15 is 0 Å². The molecule has 0 radical (unpaired) electrons. The molecule has 0 fully saturated rings. The Morgan fingerprint density at radius 1 is 1.12 bits per heavy atom. The Hall–Kier alpha value is -0.120. The maximum absolute atomic E-state index is 5.78. The van der Waals surface area contributed by atoms with Gasteiger partial charge in [0, 0.05) is 20.3 Å². The van der Waals surface area contributed by atoms with E-state index in [1.807, 2.05) is 0 Å². The van der Waals surface area contributed by atoms with E-state index < -0.39 is 0 Å². The lowest BCUT2D eigenvalue weighted by Gasteiger charge is -2.22. The van der Waals surface area contributed by atoms with E-state index in [1.54, 1.807) is 7.11 Å². The summed E-state index contributed by atoms with van der Waals surface area (Å²) in [5.41, 5.74) is -0.0136. The number of methoxy groups -OCH3 is 1. The molecule has 0 bridgehead atoms. The van der Waals surface area contributed by atoms with Crippen LogP contribution in [0.2, 0.25) is 0 Å². The van der Waals surface area contributed by atoms with Crippen molar-refractivity contribution < 1.29 is 9.47 Å². The van der Waals surface area contributed by atoms with Crippen LogP contribution >= 0.6 is 0 Å². The largest absolute Gasteiger partial charge is 0.383 e. The molecule has 0 spiro atoms. The highest BCUT2D eigenvalue weighted by Gasteiger charge is 2.12. The van der Waals surface area contributed by atoms with Crippen LogP contribution in [0.15, 0.2) is 0 Å². The zero-order valence-electron chi connectivity index (χ0n) is 12.3. The van der Waals surface area contributed by atoms with E-state index in [1.165, 1.54) is 12.8 Å². The molecule has 0 aliphatic heterocycles. The fourth-order valence-electron chi connectivity index (χ4n) is 1.77. The van der Waals surface area contributed by atoms with Gasteiger partial charge in [-0.25, -0.2) is 0 Å². The Morgan fingerprint density at radius 3 is 2.35 bits per heavy atom. The second-order valence-electron chi connectivity index (χ2n) is 5.60. The van der Waals surface area contributed by atoms with Crippen molar-refractivity contribution in [3.63, 3.8) is 0 Å². The van der Waals surface area contributed by atoms with E-state index in [9.17, 15) is 0 Å². The van der Waals surface area contributed by atoms with E-state index in [2.05, 4.69) is 33.0 Å². The highest BCUT2D eigenvalue weighted by molar-refractivity contribution is 4.64. The fraction of sp³-hybridized carbons (Fsp3) is 1.00. The predicted octanol–water partition coefficient (Wildman–Crippen LogP) is 2.84. The maximum atomic E-state index is 5.78. The van der Waals surface area contributed by atoms with E-state index in [0.29, 0.717) is 0 Å². The van der Waals surface area contributed by atoms with Crippen molar-refractivity contribution in [3.05, 3.63) is 0 Å². The van der Waals surface area contributed by atoms with Gasteiger partial charge in [0.2, 0.25) is 0 Å². The summed E-state index contributed by atoms with van der Waals surface area (Å²) < 4.78 is 10.8. The molecule has 0 rings (SSSR count). The van der Waals surface area contributed by atoms with Gasteiger partial charge in [-0.2, -0.15) is 0 Å². The Balaban J connectivity index is 3.66. The van der Waals surface area contributed by atoms with E-state index in [4.69, 9.17) is 9.47 Å². The SMILES string of the molecule is CCCC(CCOC(C)(C)C)CNCCOC. The maximum Gasteiger partial charge on any atom is 0.0598 e. The molecule has 0 saturated carbocycles. The first-order valence-corrected chi connectivity index (χ1v) is 6.83. The zero-order valence-corrected chi connectivity index (χ0v) is 12.3. The summed E-state index contributed by atoms with van der Waals surface area (Å²) in [5.74, 6) is 0.721. The molecule has 104 valence electrons. The average Bonchev–Trinajstić information content (AvgIpc) is 2.22. The molecule has 0 saturated heterocycles. The molecule has 0 aromatic carbocycles. The molecule has 1 N–H and O–H groups in total. The molecule has 0 aromatic rings. The van der Waals surface area contributed by atoms with E-state index in [-0.39, 0.29) is 5.60 Å². The third-order valence-corrected chi connectivity index (χ3v) is 2.67. The predicted molar refractivity (Wildman–Crippen MR) is 73.5 cm³/mol. The molecule has 0 heterocycles. The number of nitrogens with one attached hydrogen (secondary N) is 1. The normalized spacial score (nSPS) is 13.9. The summed E-state index contributed by atoms with van der Waals surface area (Å²) in [6.45, 7) is 12.2. The first-order chi connectivity index (χ1) is 7.99. The second-order valence-corrected chi connectivity index (χ2v) is 5.60. The van der Waals surface area contributed by atoms with Gasteiger partial charge in [-0.3, -0.25) is 0 Å². The Kier molecular flexibility index (Phi) is 9.79. The fourth-order valence-corrected chi connectivity index (χ4v) is 1.77. The number of ether oxygens (including phenoxy) is 2. The Morgan fingerprint density at radius 2 is 1.82 bits per heavy atom. The topological polar surface area (TPSA) is 30.5 Å². The number of rotatable bonds is 10. The van der Waals surface area contributed by atoms with Crippen molar-refractivity contribution >= 4 is 0 Å². The quantitative estimate of drug-likeness (QED) is 0.600. The Labute approximate surface area is 107 Å². The molecule has 1 unspecified atom stereocenters. The lowest BCUT2D eigenvalue weighted by molar-refractivity contribution is -0.00964. The van der Waals surface area contributed by atoms with Crippen molar-refractivity contribution in [1.29, 1.82) is 0 Å². The van der Waals surface area contributed by atoms with Crippen LogP contribution < -0.4 is 5.32 Å². The third kappa shape index (κ3) is 12.1. The van der Waals surface area contributed by atoms with Crippen LogP contribution in [0.25, 0.3) is 0 Å². The smallest absolute Gasteiger partial charge is 0.0598 e. The van der Waals surface area contributed by atoms with Crippen LogP contribution in [-0.4, -0.2) is 39.0 Å². The first-order valence-electron chi connectivity index (χ1n) is 6.83. The molecule has 17 heavy (non-hydrogen) atoms. The highest BCUT2D eigenvalue weighted by Crippen LogP contribution is 2.13. The highest BCUT2D eigenvalue weighted by atomic mass is 16.5. The molecular weight excluding hydrogens is 214 g/mol. The minimum Gasteiger partial charge on any atom is -0.383 e. The molecule has 3 heteroatoms. The Bertz CT molecular complexity index is 166. The summed E-state index contributed by atoms with van der Waals surface area (Å²) in [6, 6.07) is 0. The lowest BCUT2D eigenvalue weighted by atomic mass is 10.00. The van der Waals surface area contributed by atoms with Crippen molar-refractivity contribution in [1.82, 2.24) is 5.32 Å². The number of hydrogen-bond donors (Lipinski definition) is 1. The monoisotopic (exact) mass is 245 g/mol. The molecule has 0 amide bonds. The lowest BCUT2D eigenvalue weighted by Crippen LogP contribution is -2.28. The summed E-state index contributed by atoms with van der Waals surface area (Å²) >= 11 is 0. The van der Waals surface area contributed by atoms with Crippen molar-refractivity contribution in [2.24, 2.45) is 5.92 Å². The van der Waals surface area contributed by atoms with Gasteiger partial charge >= 0.3 is 0 Å². The first kappa shape index (κ1) is 16.9. The van der Waals surface area contributed by atoms with Crippen LogP contribution in [0.1, 0.15) is 47.0 Å². The van der Waals surface area contributed by atoms with Crippen LogP contribution in [0.5, 0.6) is 0 Å². The van der Waals surface area contributed by atoms with Gasteiger partial charge in [-0.1, -0.05) is 13.3 Å². The summed E-state index contributed by atoms with van der Waals surface area (Å²) in [7, 11) is 1.74. The van der Waals surface area contributed by atoms with Crippen LogP contribution in [0.3, 0.4) is 0 Å². The summed E-state index contributed by atoms with van der Waals surface area (Å²) in [4.78, 5) is 0. The van der Waals surface area contributed by atoms with E-state index in [0.717, 1.165) is 38.6 Å². The molecule has 3 nitrogen and oxygen atoms in total. The average molecular weight is 245 g/mol. The minimum absolute atomic E-state index is 0.0136. The van der Waals surface area contributed by atoms with Gasteiger partial charge in [-0.15, -0.1) is 0 Å². The molecule has 0 aliphatic rings. The van der Waals surface area contributed by atoms with Gasteiger partial charge in [0.05, 0.1) is 12.2 Å². The number of hydrogen-bond acceptors (Lipinski definition) is 3. The van der Waals surface area contributed by atoms with Gasteiger partial charge in [-0.05, 0) is 46.1 Å². The van der Waals surface area contributed by atoms with Crippen LogP contribution in [-0.2, 0) is 9.47 Å². The van der Waals surface area contributed by atoms with Gasteiger partial charge in [0.15, 0.2) is 0 Å². The molecule has 0 aliphatic carbocycles. The molecular formula is C14H31NO2.